The molecule has 2 aromatic rings. The van der Waals surface area contributed by atoms with Crippen LogP contribution in [0.1, 0.15) is 28.2 Å². The number of aromatic nitrogens is 1. The van der Waals surface area contributed by atoms with Crippen LogP contribution in [-0.2, 0) is 16.0 Å². The van der Waals surface area contributed by atoms with Crippen LogP contribution in [0.3, 0.4) is 0 Å². The fourth-order valence-electron chi connectivity index (χ4n) is 1.56. The van der Waals surface area contributed by atoms with Crippen LogP contribution in [0.4, 0.5) is 5.13 Å². The average Bonchev–Trinajstić information content (AvgIpc) is 3.10. The van der Waals surface area contributed by atoms with Crippen molar-refractivity contribution in [1.29, 1.82) is 0 Å². The summed E-state index contributed by atoms with van der Waals surface area (Å²) in [6.07, 6.45) is 1.76. The van der Waals surface area contributed by atoms with Gasteiger partial charge in [0.2, 0.25) is 0 Å². The van der Waals surface area contributed by atoms with Gasteiger partial charge in [0.25, 0.3) is 5.91 Å². The maximum atomic E-state index is 11.8. The highest BCUT2D eigenvalue weighted by atomic mass is 32.1. The number of rotatable bonds is 6. The van der Waals surface area contributed by atoms with E-state index < -0.39 is 0 Å². The van der Waals surface area contributed by atoms with Gasteiger partial charge in [0.1, 0.15) is 0 Å². The molecule has 0 atom stereocenters. The van der Waals surface area contributed by atoms with Crippen molar-refractivity contribution in [1.82, 2.24) is 4.98 Å². The third-order valence-electron chi connectivity index (χ3n) is 2.56. The van der Waals surface area contributed by atoms with Crippen LogP contribution >= 0.6 is 22.7 Å². The predicted molar refractivity (Wildman–Crippen MR) is 79.3 cm³/mol. The van der Waals surface area contributed by atoms with Gasteiger partial charge in [-0.1, -0.05) is 6.07 Å². The predicted octanol–water partition coefficient (Wildman–Crippen LogP) is 2.95. The largest absolute Gasteiger partial charge is 0.469 e. The van der Waals surface area contributed by atoms with Crippen molar-refractivity contribution >= 4 is 39.7 Å². The summed E-state index contributed by atoms with van der Waals surface area (Å²) >= 11 is 2.78. The molecule has 0 saturated carbocycles. The van der Waals surface area contributed by atoms with Crippen molar-refractivity contribution in [2.24, 2.45) is 0 Å². The summed E-state index contributed by atoms with van der Waals surface area (Å²) in [5, 5.41) is 7.09. The lowest BCUT2D eigenvalue weighted by molar-refractivity contribution is -0.140. The van der Waals surface area contributed by atoms with E-state index in [1.54, 1.807) is 6.07 Å². The summed E-state index contributed by atoms with van der Waals surface area (Å²) in [6, 6.07) is 3.60. The van der Waals surface area contributed by atoms with Crippen LogP contribution in [0.15, 0.2) is 22.9 Å². The third kappa shape index (κ3) is 4.14. The molecule has 0 aliphatic rings. The van der Waals surface area contributed by atoms with Gasteiger partial charge in [0, 0.05) is 11.8 Å². The van der Waals surface area contributed by atoms with E-state index in [2.05, 4.69) is 15.0 Å². The molecule has 106 valence electrons. The highest BCUT2D eigenvalue weighted by Gasteiger charge is 2.10. The van der Waals surface area contributed by atoms with Crippen molar-refractivity contribution in [3.63, 3.8) is 0 Å². The van der Waals surface area contributed by atoms with Crippen LogP contribution in [-0.4, -0.2) is 24.0 Å². The van der Waals surface area contributed by atoms with E-state index >= 15 is 0 Å². The SMILES string of the molecule is COC(=O)CCCc1csc(NC(=O)c2cccs2)n1. The van der Waals surface area contributed by atoms with Gasteiger partial charge in [-0.25, -0.2) is 4.98 Å². The van der Waals surface area contributed by atoms with Gasteiger partial charge in [-0.3, -0.25) is 14.9 Å². The fourth-order valence-corrected chi connectivity index (χ4v) is 2.92. The number of aryl methyl sites for hydroxylation is 1. The first kappa shape index (κ1) is 14.7. The molecule has 0 radical (unpaired) electrons. The summed E-state index contributed by atoms with van der Waals surface area (Å²) in [7, 11) is 1.38. The Morgan fingerprint density at radius 3 is 2.95 bits per heavy atom. The Labute approximate surface area is 124 Å². The molecule has 20 heavy (non-hydrogen) atoms. The maximum Gasteiger partial charge on any atom is 0.305 e. The van der Waals surface area contributed by atoms with E-state index in [4.69, 9.17) is 0 Å². The first-order chi connectivity index (χ1) is 9.69. The summed E-state index contributed by atoms with van der Waals surface area (Å²) in [6.45, 7) is 0. The van der Waals surface area contributed by atoms with Crippen LogP contribution in [0.2, 0.25) is 0 Å². The zero-order chi connectivity index (χ0) is 14.4. The second-order valence-electron chi connectivity index (χ2n) is 4.01. The number of ether oxygens (including phenoxy) is 1. The molecule has 1 amide bonds. The van der Waals surface area contributed by atoms with E-state index in [-0.39, 0.29) is 11.9 Å². The molecule has 5 nitrogen and oxygen atoms in total. The van der Waals surface area contributed by atoms with Gasteiger partial charge in [0.05, 0.1) is 17.7 Å². The van der Waals surface area contributed by atoms with Crippen LogP contribution in [0, 0.1) is 0 Å². The Bertz CT molecular complexity index is 578. The minimum atomic E-state index is -0.216. The van der Waals surface area contributed by atoms with Gasteiger partial charge >= 0.3 is 5.97 Å². The molecule has 0 fully saturated rings. The third-order valence-corrected chi connectivity index (χ3v) is 4.23. The van der Waals surface area contributed by atoms with Crippen molar-refractivity contribution in [2.75, 3.05) is 12.4 Å². The minimum Gasteiger partial charge on any atom is -0.469 e. The van der Waals surface area contributed by atoms with Gasteiger partial charge in [-0.15, -0.1) is 22.7 Å². The summed E-state index contributed by atoms with van der Waals surface area (Å²) in [4.78, 5) is 27.8. The lowest BCUT2D eigenvalue weighted by Crippen LogP contribution is -2.09. The Hall–Kier alpha value is -1.73. The molecule has 0 spiro atoms. The molecule has 0 unspecified atom stereocenters. The molecule has 0 aliphatic carbocycles. The van der Waals surface area contributed by atoms with E-state index in [0.717, 1.165) is 5.69 Å². The zero-order valence-electron chi connectivity index (χ0n) is 10.9. The number of thiophene rings is 1. The number of nitrogens with one attached hydrogen (secondary N) is 1. The number of carbonyl (C=O) groups excluding carboxylic acids is 2. The van der Waals surface area contributed by atoms with Crippen molar-refractivity contribution in [2.45, 2.75) is 19.3 Å². The van der Waals surface area contributed by atoms with Gasteiger partial charge in [-0.05, 0) is 24.3 Å². The normalized spacial score (nSPS) is 10.2. The number of hydrogen-bond acceptors (Lipinski definition) is 6. The number of thiazole rings is 1. The first-order valence-electron chi connectivity index (χ1n) is 6.05. The monoisotopic (exact) mass is 310 g/mol. The number of anilines is 1. The molecular weight excluding hydrogens is 296 g/mol. The van der Waals surface area contributed by atoms with Crippen LogP contribution in [0.5, 0.6) is 0 Å². The van der Waals surface area contributed by atoms with Gasteiger partial charge in [-0.2, -0.15) is 0 Å². The van der Waals surface area contributed by atoms with Crippen molar-refractivity contribution in [3.8, 4) is 0 Å². The van der Waals surface area contributed by atoms with Crippen LogP contribution in [0.25, 0.3) is 0 Å². The van der Waals surface area contributed by atoms with Gasteiger partial charge in [0.15, 0.2) is 5.13 Å². The number of hydrogen-bond donors (Lipinski definition) is 1. The highest BCUT2D eigenvalue weighted by Crippen LogP contribution is 2.19. The Balaban J connectivity index is 1.83. The molecular formula is C13H14N2O3S2. The molecule has 2 aromatic heterocycles. The highest BCUT2D eigenvalue weighted by molar-refractivity contribution is 7.14. The molecule has 2 heterocycles. The quantitative estimate of drug-likeness (QED) is 0.833. The molecule has 0 bridgehead atoms. The molecule has 0 aliphatic heterocycles. The zero-order valence-corrected chi connectivity index (χ0v) is 12.6. The summed E-state index contributed by atoms with van der Waals surface area (Å²) < 4.78 is 4.57. The smallest absolute Gasteiger partial charge is 0.305 e. The standard InChI is InChI=1S/C13H14N2O3S2/c1-18-11(16)6-2-4-9-8-20-13(14-9)15-12(17)10-5-3-7-19-10/h3,5,7-8H,2,4,6H2,1H3,(H,14,15,17). The first-order valence-corrected chi connectivity index (χ1v) is 7.81. The second kappa shape index (κ2) is 7.16. The fraction of sp³-hybridized carbons (Fsp3) is 0.308. The molecule has 7 heteroatoms. The van der Waals surface area contributed by atoms with E-state index in [1.807, 2.05) is 16.8 Å². The van der Waals surface area contributed by atoms with E-state index in [9.17, 15) is 9.59 Å². The summed E-state index contributed by atoms with van der Waals surface area (Å²) in [5.41, 5.74) is 0.875. The Morgan fingerprint density at radius 1 is 1.40 bits per heavy atom. The summed E-state index contributed by atoms with van der Waals surface area (Å²) in [5.74, 6) is -0.359. The maximum absolute atomic E-state index is 11.8. The Morgan fingerprint density at radius 2 is 2.25 bits per heavy atom. The molecule has 0 saturated heterocycles. The van der Waals surface area contributed by atoms with Crippen molar-refractivity contribution < 1.29 is 14.3 Å². The topological polar surface area (TPSA) is 68.3 Å². The lowest BCUT2D eigenvalue weighted by Gasteiger charge is -1.98. The van der Waals surface area contributed by atoms with Crippen molar-refractivity contribution in [3.05, 3.63) is 33.5 Å². The number of amides is 1. The number of carbonyl (C=O) groups is 2. The number of methoxy groups -OCH3 is 1. The van der Waals surface area contributed by atoms with Crippen LogP contribution < -0.4 is 5.32 Å². The average molecular weight is 310 g/mol. The molecule has 0 aromatic carbocycles. The van der Waals surface area contributed by atoms with E-state index in [1.165, 1.54) is 29.8 Å². The molecule has 1 N–H and O–H groups in total. The van der Waals surface area contributed by atoms with Gasteiger partial charge < -0.3 is 4.74 Å². The lowest BCUT2D eigenvalue weighted by atomic mass is 10.2. The second-order valence-corrected chi connectivity index (χ2v) is 5.81. The molecule has 2 rings (SSSR count). The van der Waals surface area contributed by atoms with E-state index in [0.29, 0.717) is 29.3 Å². The minimum absolute atomic E-state index is 0.143. The number of nitrogens with zero attached hydrogens (tertiary/aromatic N) is 1. The Kier molecular flexibility index (Phi) is 5.25. The number of esters is 1.